The minimum Gasteiger partial charge on any atom is -0.352 e. The number of fused-ring (bicyclic) bond motifs is 1. The molecule has 0 bridgehead atoms. The Bertz CT molecular complexity index is 1130. The monoisotopic (exact) mass is 393 g/mol. The zero-order chi connectivity index (χ0) is 19.1. The largest absolute Gasteiger partial charge is 0.352 e. The van der Waals surface area contributed by atoms with Gasteiger partial charge in [0.05, 0.1) is 10.9 Å². The standard InChI is InChI=1S/C19H19N7OS/c1-12-10-15-17(21-11-22-19(15)28-12)26-8-6-25(7-9-26)16-14(4-3-5-20-16)18-23-13(2)24-27-18/h3-5,10-11H,6-9H2,1-2H3. The second-order valence-electron chi connectivity index (χ2n) is 6.77. The minimum atomic E-state index is 0.509. The van der Waals surface area contributed by atoms with E-state index >= 15 is 0 Å². The molecule has 9 heteroatoms. The predicted molar refractivity (Wildman–Crippen MR) is 109 cm³/mol. The maximum absolute atomic E-state index is 5.37. The van der Waals surface area contributed by atoms with Gasteiger partial charge in [-0.2, -0.15) is 4.98 Å². The maximum atomic E-state index is 5.37. The highest BCUT2D eigenvalue weighted by Crippen LogP contribution is 2.32. The highest BCUT2D eigenvalue weighted by Gasteiger charge is 2.24. The Hall–Kier alpha value is -3.07. The molecule has 0 atom stereocenters. The molecule has 4 aromatic rings. The summed E-state index contributed by atoms with van der Waals surface area (Å²) < 4.78 is 5.37. The highest BCUT2D eigenvalue weighted by atomic mass is 32.1. The van der Waals surface area contributed by atoms with Gasteiger partial charge in [0.2, 0.25) is 0 Å². The van der Waals surface area contributed by atoms with Crippen molar-refractivity contribution in [3.63, 3.8) is 0 Å². The maximum Gasteiger partial charge on any atom is 0.261 e. The molecule has 5 heterocycles. The van der Waals surface area contributed by atoms with Crippen LogP contribution in [0.2, 0.25) is 0 Å². The number of thiophene rings is 1. The molecule has 0 amide bonds. The van der Waals surface area contributed by atoms with Crippen LogP contribution in [0.4, 0.5) is 11.6 Å². The predicted octanol–water partition coefficient (Wildman–Crippen LogP) is 3.08. The summed E-state index contributed by atoms with van der Waals surface area (Å²) in [4.78, 5) is 24.8. The fraction of sp³-hybridized carbons (Fsp3) is 0.316. The average Bonchev–Trinajstić information content (AvgIpc) is 3.32. The number of piperazine rings is 1. The van der Waals surface area contributed by atoms with Crippen molar-refractivity contribution in [2.45, 2.75) is 13.8 Å². The summed E-state index contributed by atoms with van der Waals surface area (Å²) in [6.45, 7) is 7.32. The van der Waals surface area contributed by atoms with E-state index in [0.29, 0.717) is 11.7 Å². The molecule has 5 rings (SSSR count). The van der Waals surface area contributed by atoms with Crippen LogP contribution in [0.15, 0.2) is 35.2 Å². The molecular formula is C19H19N7OS. The van der Waals surface area contributed by atoms with Gasteiger partial charge in [0.25, 0.3) is 5.89 Å². The van der Waals surface area contributed by atoms with Gasteiger partial charge in [-0.05, 0) is 32.0 Å². The van der Waals surface area contributed by atoms with E-state index in [1.807, 2.05) is 19.1 Å². The quantitative estimate of drug-likeness (QED) is 0.525. The number of aryl methyl sites for hydroxylation is 2. The van der Waals surface area contributed by atoms with E-state index in [2.05, 4.69) is 47.9 Å². The molecule has 1 aliphatic heterocycles. The number of rotatable bonds is 3. The van der Waals surface area contributed by atoms with Crippen molar-refractivity contribution in [3.8, 4) is 11.5 Å². The fourth-order valence-corrected chi connectivity index (χ4v) is 4.41. The third-order valence-corrected chi connectivity index (χ3v) is 5.81. The molecule has 1 fully saturated rings. The van der Waals surface area contributed by atoms with Crippen LogP contribution in [0.1, 0.15) is 10.7 Å². The Kier molecular flexibility index (Phi) is 4.16. The van der Waals surface area contributed by atoms with Crippen LogP contribution >= 0.6 is 11.3 Å². The lowest BCUT2D eigenvalue weighted by molar-refractivity contribution is 0.425. The van der Waals surface area contributed by atoms with Gasteiger partial charge in [-0.25, -0.2) is 15.0 Å². The highest BCUT2D eigenvalue weighted by molar-refractivity contribution is 7.18. The van der Waals surface area contributed by atoms with E-state index in [0.717, 1.165) is 53.6 Å². The number of pyridine rings is 1. The van der Waals surface area contributed by atoms with Crippen molar-refractivity contribution in [2.75, 3.05) is 36.0 Å². The van der Waals surface area contributed by atoms with Crippen LogP contribution in [0.25, 0.3) is 21.7 Å². The molecule has 0 spiro atoms. The van der Waals surface area contributed by atoms with Crippen LogP contribution in [0.5, 0.6) is 0 Å². The molecule has 1 aliphatic rings. The zero-order valence-corrected chi connectivity index (χ0v) is 16.5. The van der Waals surface area contributed by atoms with Crippen LogP contribution in [-0.4, -0.2) is 51.3 Å². The number of anilines is 2. The molecule has 0 aromatic carbocycles. The van der Waals surface area contributed by atoms with E-state index in [-0.39, 0.29) is 0 Å². The smallest absolute Gasteiger partial charge is 0.261 e. The van der Waals surface area contributed by atoms with Gasteiger partial charge in [0.15, 0.2) is 5.82 Å². The Balaban J connectivity index is 1.39. The molecule has 142 valence electrons. The number of aromatic nitrogens is 5. The molecule has 0 saturated carbocycles. The van der Waals surface area contributed by atoms with Gasteiger partial charge < -0.3 is 14.3 Å². The molecular weight excluding hydrogens is 374 g/mol. The van der Waals surface area contributed by atoms with E-state index in [1.165, 1.54) is 4.88 Å². The van der Waals surface area contributed by atoms with Gasteiger partial charge in [0, 0.05) is 37.3 Å². The summed E-state index contributed by atoms with van der Waals surface area (Å²) in [6, 6.07) is 6.05. The first-order chi connectivity index (χ1) is 13.7. The van der Waals surface area contributed by atoms with Gasteiger partial charge >= 0.3 is 0 Å². The van der Waals surface area contributed by atoms with Crippen molar-refractivity contribution >= 4 is 33.2 Å². The van der Waals surface area contributed by atoms with Gasteiger partial charge in [0.1, 0.15) is 22.8 Å². The van der Waals surface area contributed by atoms with Crippen LogP contribution in [-0.2, 0) is 0 Å². The first-order valence-corrected chi connectivity index (χ1v) is 9.97. The Morgan fingerprint density at radius 3 is 2.54 bits per heavy atom. The summed E-state index contributed by atoms with van der Waals surface area (Å²) in [6.07, 6.45) is 3.46. The number of hydrogen-bond donors (Lipinski definition) is 0. The lowest BCUT2D eigenvalue weighted by Crippen LogP contribution is -2.47. The summed E-state index contributed by atoms with van der Waals surface area (Å²) in [5.41, 5.74) is 0.870. The SMILES string of the molecule is Cc1noc(-c2cccnc2N2CCN(c3ncnc4sc(C)cc34)CC2)n1. The van der Waals surface area contributed by atoms with E-state index < -0.39 is 0 Å². The van der Waals surface area contributed by atoms with Crippen LogP contribution < -0.4 is 9.80 Å². The molecule has 0 radical (unpaired) electrons. The summed E-state index contributed by atoms with van der Waals surface area (Å²) >= 11 is 1.71. The molecule has 1 saturated heterocycles. The second-order valence-corrected chi connectivity index (χ2v) is 8.00. The van der Waals surface area contributed by atoms with Gasteiger partial charge in [-0.1, -0.05) is 5.16 Å². The summed E-state index contributed by atoms with van der Waals surface area (Å²) in [7, 11) is 0. The van der Waals surface area contributed by atoms with E-state index in [9.17, 15) is 0 Å². The third kappa shape index (κ3) is 2.97. The van der Waals surface area contributed by atoms with Crippen molar-refractivity contribution in [2.24, 2.45) is 0 Å². The Morgan fingerprint density at radius 1 is 1.00 bits per heavy atom. The van der Waals surface area contributed by atoms with Crippen molar-refractivity contribution in [1.29, 1.82) is 0 Å². The van der Waals surface area contributed by atoms with Crippen molar-refractivity contribution in [1.82, 2.24) is 25.1 Å². The lowest BCUT2D eigenvalue weighted by Gasteiger charge is -2.36. The minimum absolute atomic E-state index is 0.509. The lowest BCUT2D eigenvalue weighted by atomic mass is 10.2. The van der Waals surface area contributed by atoms with Crippen molar-refractivity contribution < 1.29 is 4.52 Å². The average molecular weight is 393 g/mol. The molecule has 0 N–H and O–H groups in total. The van der Waals surface area contributed by atoms with Crippen LogP contribution in [0.3, 0.4) is 0 Å². The summed E-state index contributed by atoms with van der Waals surface area (Å²) in [5.74, 6) is 3.02. The van der Waals surface area contributed by atoms with Gasteiger partial charge in [-0.15, -0.1) is 11.3 Å². The van der Waals surface area contributed by atoms with Gasteiger partial charge in [-0.3, -0.25) is 0 Å². The topological polar surface area (TPSA) is 84.1 Å². The fourth-order valence-electron chi connectivity index (χ4n) is 3.57. The molecule has 8 nitrogen and oxygen atoms in total. The third-order valence-electron chi connectivity index (χ3n) is 4.85. The number of nitrogens with zero attached hydrogens (tertiary/aromatic N) is 7. The molecule has 0 aliphatic carbocycles. The normalized spacial score (nSPS) is 14.8. The first kappa shape index (κ1) is 17.1. The second kappa shape index (κ2) is 6.83. The molecule has 4 aromatic heterocycles. The van der Waals surface area contributed by atoms with Crippen LogP contribution in [0, 0.1) is 13.8 Å². The summed E-state index contributed by atoms with van der Waals surface area (Å²) in [5, 5.41) is 5.05. The van der Waals surface area contributed by atoms with E-state index in [1.54, 1.807) is 23.9 Å². The first-order valence-electron chi connectivity index (χ1n) is 9.16. The Labute approximate surface area is 165 Å². The van der Waals surface area contributed by atoms with Crippen molar-refractivity contribution in [3.05, 3.63) is 41.4 Å². The number of hydrogen-bond acceptors (Lipinski definition) is 9. The Morgan fingerprint density at radius 2 is 1.79 bits per heavy atom. The van der Waals surface area contributed by atoms with E-state index in [4.69, 9.17) is 4.52 Å². The molecule has 28 heavy (non-hydrogen) atoms. The molecule has 0 unspecified atom stereocenters. The zero-order valence-electron chi connectivity index (χ0n) is 15.7.